The molecule has 5 nitrogen and oxygen atoms in total. The predicted molar refractivity (Wildman–Crippen MR) is 107 cm³/mol. The van der Waals surface area contributed by atoms with Gasteiger partial charge in [0.1, 0.15) is 5.75 Å². The molecular formula is C20H21F3N2O3S. The number of rotatable bonds is 9. The molecule has 0 aliphatic heterocycles. The monoisotopic (exact) mass is 426 g/mol. The smallest absolute Gasteiger partial charge is 0.422 e. The van der Waals surface area contributed by atoms with Gasteiger partial charge in [-0.15, -0.1) is 11.8 Å². The maximum absolute atomic E-state index is 12.2. The Labute approximate surface area is 171 Å². The van der Waals surface area contributed by atoms with Crippen molar-refractivity contribution in [1.29, 1.82) is 0 Å². The minimum absolute atomic E-state index is 0.0798. The quantitative estimate of drug-likeness (QED) is 0.638. The first kappa shape index (κ1) is 22.6. The van der Waals surface area contributed by atoms with Gasteiger partial charge in [0.05, 0.1) is 11.5 Å². The molecule has 156 valence electrons. The molecule has 0 atom stereocenters. The lowest BCUT2D eigenvalue weighted by atomic mass is 10.2. The largest absolute Gasteiger partial charge is 0.484 e. The fourth-order valence-electron chi connectivity index (χ4n) is 2.23. The van der Waals surface area contributed by atoms with Crippen LogP contribution in [0.25, 0.3) is 0 Å². The van der Waals surface area contributed by atoms with Gasteiger partial charge >= 0.3 is 6.18 Å². The summed E-state index contributed by atoms with van der Waals surface area (Å²) in [5.41, 5.74) is 2.39. The minimum atomic E-state index is -4.41. The Bertz CT molecular complexity index is 826. The minimum Gasteiger partial charge on any atom is -0.484 e. The maximum Gasteiger partial charge on any atom is 0.422 e. The van der Waals surface area contributed by atoms with E-state index in [1.807, 2.05) is 19.1 Å². The van der Waals surface area contributed by atoms with Crippen LogP contribution in [0.4, 0.5) is 18.9 Å². The average Bonchev–Trinajstić information content (AvgIpc) is 2.66. The molecule has 0 aliphatic rings. The van der Waals surface area contributed by atoms with E-state index in [-0.39, 0.29) is 35.6 Å². The summed E-state index contributed by atoms with van der Waals surface area (Å²) in [5.74, 6) is -0.190. The number of carbonyl (C=O) groups excluding carboxylic acids is 2. The zero-order valence-corrected chi connectivity index (χ0v) is 16.5. The molecule has 0 aliphatic carbocycles. The molecule has 9 heteroatoms. The Morgan fingerprint density at radius 1 is 1.03 bits per heavy atom. The van der Waals surface area contributed by atoms with Crippen LogP contribution in [0.1, 0.15) is 11.1 Å². The van der Waals surface area contributed by atoms with Gasteiger partial charge in [0.25, 0.3) is 0 Å². The third-order valence-electron chi connectivity index (χ3n) is 3.59. The van der Waals surface area contributed by atoms with Gasteiger partial charge in [0.2, 0.25) is 11.8 Å². The van der Waals surface area contributed by atoms with E-state index < -0.39 is 12.8 Å². The molecule has 2 N–H and O–H groups in total. The van der Waals surface area contributed by atoms with Crippen molar-refractivity contribution in [3.63, 3.8) is 0 Å². The van der Waals surface area contributed by atoms with Crippen LogP contribution in [0.5, 0.6) is 5.75 Å². The summed E-state index contributed by atoms with van der Waals surface area (Å²) in [7, 11) is 0. The van der Waals surface area contributed by atoms with Crippen molar-refractivity contribution in [2.75, 3.05) is 23.4 Å². The van der Waals surface area contributed by atoms with Crippen LogP contribution in [0.2, 0.25) is 0 Å². The zero-order chi connectivity index (χ0) is 21.3. The van der Waals surface area contributed by atoms with E-state index >= 15 is 0 Å². The highest BCUT2D eigenvalue weighted by molar-refractivity contribution is 8.00. The second-order valence-corrected chi connectivity index (χ2v) is 7.22. The molecule has 2 rings (SSSR count). The van der Waals surface area contributed by atoms with Crippen molar-refractivity contribution in [3.8, 4) is 5.75 Å². The molecule has 0 radical (unpaired) electrons. The van der Waals surface area contributed by atoms with Crippen LogP contribution in [-0.4, -0.2) is 36.1 Å². The molecule has 0 heterocycles. The summed E-state index contributed by atoms with van der Waals surface area (Å²) in [5, 5.41) is 5.40. The Kier molecular flexibility index (Phi) is 8.38. The molecule has 0 saturated carbocycles. The first-order valence-electron chi connectivity index (χ1n) is 8.71. The molecule has 2 aromatic carbocycles. The van der Waals surface area contributed by atoms with E-state index in [1.165, 1.54) is 23.9 Å². The van der Waals surface area contributed by atoms with E-state index in [2.05, 4.69) is 15.4 Å². The third-order valence-corrected chi connectivity index (χ3v) is 4.52. The summed E-state index contributed by atoms with van der Waals surface area (Å²) in [6, 6.07) is 13.5. The highest BCUT2D eigenvalue weighted by atomic mass is 32.2. The number of hydrogen-bond donors (Lipinski definition) is 2. The number of alkyl halides is 3. The third kappa shape index (κ3) is 9.38. The number of thioether (sulfide) groups is 1. The fraction of sp³-hybridized carbons (Fsp3) is 0.300. The SMILES string of the molecule is Cc1ccc(NC(=O)CSCC(=O)NCc2cccc(OCC(F)(F)F)c2)cc1. The fourth-order valence-corrected chi connectivity index (χ4v) is 2.88. The van der Waals surface area contributed by atoms with Gasteiger partial charge in [-0.2, -0.15) is 13.2 Å². The number of benzene rings is 2. The first-order valence-corrected chi connectivity index (χ1v) is 9.86. The standard InChI is InChI=1S/C20H21F3N2O3S/c1-14-5-7-16(8-6-14)25-19(27)12-29-11-18(26)24-10-15-3-2-4-17(9-15)28-13-20(21,22)23/h2-9H,10-13H2,1H3,(H,24,26)(H,25,27). The highest BCUT2D eigenvalue weighted by Gasteiger charge is 2.28. The Morgan fingerprint density at radius 3 is 2.41 bits per heavy atom. The van der Waals surface area contributed by atoms with Crippen molar-refractivity contribution in [1.82, 2.24) is 5.32 Å². The number of hydrogen-bond acceptors (Lipinski definition) is 4. The Balaban J connectivity index is 1.67. The number of ether oxygens (including phenoxy) is 1. The molecule has 29 heavy (non-hydrogen) atoms. The molecule has 2 aromatic rings. The number of amides is 2. The molecule has 0 bridgehead atoms. The first-order chi connectivity index (χ1) is 13.7. The van der Waals surface area contributed by atoms with Crippen molar-refractivity contribution in [2.45, 2.75) is 19.6 Å². The lowest BCUT2D eigenvalue weighted by Crippen LogP contribution is -2.25. The number of nitrogens with one attached hydrogen (secondary N) is 2. The second-order valence-electron chi connectivity index (χ2n) is 6.23. The molecule has 0 saturated heterocycles. The molecule has 0 spiro atoms. The number of aryl methyl sites for hydroxylation is 1. The van der Waals surface area contributed by atoms with Gasteiger partial charge in [0, 0.05) is 12.2 Å². The summed E-state index contributed by atoms with van der Waals surface area (Å²) in [6.07, 6.45) is -4.41. The van der Waals surface area contributed by atoms with E-state index in [1.54, 1.807) is 24.3 Å². The van der Waals surface area contributed by atoms with Crippen LogP contribution in [0.15, 0.2) is 48.5 Å². The number of anilines is 1. The van der Waals surface area contributed by atoms with Crippen LogP contribution in [0.3, 0.4) is 0 Å². The van der Waals surface area contributed by atoms with Gasteiger partial charge in [-0.1, -0.05) is 29.8 Å². The Morgan fingerprint density at radius 2 is 1.72 bits per heavy atom. The van der Waals surface area contributed by atoms with Gasteiger partial charge < -0.3 is 15.4 Å². The zero-order valence-electron chi connectivity index (χ0n) is 15.7. The van der Waals surface area contributed by atoms with Gasteiger partial charge in [0.15, 0.2) is 6.61 Å². The molecule has 0 fully saturated rings. The topological polar surface area (TPSA) is 67.4 Å². The summed E-state index contributed by atoms with van der Waals surface area (Å²) in [6.45, 7) is 0.730. The summed E-state index contributed by atoms with van der Waals surface area (Å²) >= 11 is 1.17. The van der Waals surface area contributed by atoms with E-state index in [4.69, 9.17) is 0 Å². The lowest BCUT2D eigenvalue weighted by Gasteiger charge is -2.11. The molecule has 0 aromatic heterocycles. The van der Waals surface area contributed by atoms with Crippen LogP contribution >= 0.6 is 11.8 Å². The van der Waals surface area contributed by atoms with E-state index in [0.717, 1.165) is 5.56 Å². The van der Waals surface area contributed by atoms with Crippen LogP contribution in [0, 0.1) is 6.92 Å². The number of halogens is 3. The summed E-state index contributed by atoms with van der Waals surface area (Å²) < 4.78 is 41.3. The van der Waals surface area contributed by atoms with Crippen molar-refractivity contribution in [3.05, 3.63) is 59.7 Å². The van der Waals surface area contributed by atoms with E-state index in [0.29, 0.717) is 11.3 Å². The summed E-state index contributed by atoms with van der Waals surface area (Å²) in [4.78, 5) is 23.8. The van der Waals surface area contributed by atoms with Crippen LogP contribution in [-0.2, 0) is 16.1 Å². The van der Waals surface area contributed by atoms with Crippen LogP contribution < -0.4 is 15.4 Å². The molecule has 2 amide bonds. The van der Waals surface area contributed by atoms with E-state index in [9.17, 15) is 22.8 Å². The van der Waals surface area contributed by atoms with Crippen molar-refractivity contribution < 1.29 is 27.5 Å². The van der Waals surface area contributed by atoms with Crippen molar-refractivity contribution >= 4 is 29.3 Å². The molecule has 0 unspecified atom stereocenters. The second kappa shape index (κ2) is 10.8. The van der Waals surface area contributed by atoms with Gasteiger partial charge in [-0.25, -0.2) is 0 Å². The molecular weight excluding hydrogens is 405 g/mol. The van der Waals surface area contributed by atoms with Crippen molar-refractivity contribution in [2.24, 2.45) is 0 Å². The van der Waals surface area contributed by atoms with Gasteiger partial charge in [-0.05, 0) is 36.8 Å². The highest BCUT2D eigenvalue weighted by Crippen LogP contribution is 2.19. The maximum atomic E-state index is 12.2. The predicted octanol–water partition coefficient (Wildman–Crippen LogP) is 3.92. The lowest BCUT2D eigenvalue weighted by molar-refractivity contribution is -0.153. The Hall–Kier alpha value is -2.68. The normalized spacial score (nSPS) is 11.0. The van der Waals surface area contributed by atoms with Gasteiger partial charge in [-0.3, -0.25) is 9.59 Å². The number of carbonyl (C=O) groups is 2. The average molecular weight is 426 g/mol.